The summed E-state index contributed by atoms with van der Waals surface area (Å²) in [4.78, 5) is 2.37. The highest BCUT2D eigenvalue weighted by molar-refractivity contribution is 7.89. The van der Waals surface area contributed by atoms with E-state index in [9.17, 15) is 13.5 Å². The first-order valence-corrected chi connectivity index (χ1v) is 12.4. The highest BCUT2D eigenvalue weighted by Crippen LogP contribution is 2.25. The molecule has 174 valence electrons. The number of nitrogens with zero attached hydrogens (tertiary/aromatic N) is 2. The fourth-order valence-electron chi connectivity index (χ4n) is 3.69. The molecule has 0 bridgehead atoms. The maximum atomic E-state index is 12.7. The van der Waals surface area contributed by atoms with Crippen LogP contribution in [0.2, 0.25) is 0 Å². The summed E-state index contributed by atoms with van der Waals surface area (Å²) >= 11 is 0. The molecular weight excluding hydrogens is 440 g/mol. The molecule has 7 nitrogen and oxygen atoms in total. The molecule has 0 aliphatic carbocycles. The van der Waals surface area contributed by atoms with Gasteiger partial charge in [0.2, 0.25) is 10.0 Å². The van der Waals surface area contributed by atoms with E-state index >= 15 is 0 Å². The van der Waals surface area contributed by atoms with Gasteiger partial charge in [-0.25, -0.2) is 8.42 Å². The summed E-state index contributed by atoms with van der Waals surface area (Å²) in [7, 11) is -3.48. The number of β-amino-alcohol motifs (C(OH)–C–C–N with tert-alkyl or cyclic N) is 1. The minimum atomic E-state index is -3.48. The normalized spacial score (nSPS) is 16.3. The highest BCUT2D eigenvalue weighted by Gasteiger charge is 2.28. The molecule has 4 rings (SSSR count). The van der Waals surface area contributed by atoms with Gasteiger partial charge in [-0.2, -0.15) is 4.31 Å². The molecule has 1 saturated heterocycles. The molecule has 1 N–H and O–H groups in total. The van der Waals surface area contributed by atoms with Crippen molar-refractivity contribution in [3.63, 3.8) is 0 Å². The Kier molecular flexibility index (Phi) is 7.61. The van der Waals surface area contributed by atoms with E-state index in [1.54, 1.807) is 36.4 Å². The van der Waals surface area contributed by atoms with E-state index in [2.05, 4.69) is 4.90 Å². The summed E-state index contributed by atoms with van der Waals surface area (Å²) in [5.41, 5.74) is 0. The third kappa shape index (κ3) is 6.33. The van der Waals surface area contributed by atoms with Crippen LogP contribution in [0.15, 0.2) is 89.8 Å². The van der Waals surface area contributed by atoms with Gasteiger partial charge < -0.3 is 14.6 Å². The zero-order valence-electron chi connectivity index (χ0n) is 18.3. The maximum absolute atomic E-state index is 12.7. The molecular formula is C25H28N2O5S. The Balaban J connectivity index is 1.23. The average molecular weight is 469 g/mol. The van der Waals surface area contributed by atoms with Crippen molar-refractivity contribution in [2.24, 2.45) is 0 Å². The van der Waals surface area contributed by atoms with Gasteiger partial charge in [0, 0.05) is 38.8 Å². The molecule has 3 aromatic carbocycles. The topological polar surface area (TPSA) is 79.3 Å². The Hall–Kier alpha value is -2.91. The van der Waals surface area contributed by atoms with Gasteiger partial charge >= 0.3 is 0 Å². The third-order valence-corrected chi connectivity index (χ3v) is 7.32. The van der Waals surface area contributed by atoms with Crippen molar-refractivity contribution < 1.29 is 23.0 Å². The lowest BCUT2D eigenvalue weighted by atomic mass is 10.3. The van der Waals surface area contributed by atoms with Crippen LogP contribution in [0.4, 0.5) is 0 Å². The van der Waals surface area contributed by atoms with Gasteiger partial charge in [-0.3, -0.25) is 4.90 Å². The molecule has 0 radical (unpaired) electrons. The van der Waals surface area contributed by atoms with Crippen LogP contribution in [0, 0.1) is 0 Å². The lowest BCUT2D eigenvalue weighted by Crippen LogP contribution is -2.50. The lowest BCUT2D eigenvalue weighted by Gasteiger charge is -2.34. The molecule has 1 atom stereocenters. The third-order valence-electron chi connectivity index (χ3n) is 5.41. The summed E-state index contributed by atoms with van der Waals surface area (Å²) in [6.07, 6.45) is -0.694. The Labute approximate surface area is 194 Å². The van der Waals surface area contributed by atoms with E-state index in [0.29, 0.717) is 49.1 Å². The van der Waals surface area contributed by atoms with E-state index in [0.717, 1.165) is 5.75 Å². The van der Waals surface area contributed by atoms with Crippen LogP contribution in [0.3, 0.4) is 0 Å². The van der Waals surface area contributed by atoms with Crippen molar-refractivity contribution in [1.29, 1.82) is 0 Å². The van der Waals surface area contributed by atoms with Gasteiger partial charge in [-0.05, 0) is 36.4 Å². The number of benzene rings is 3. The fourth-order valence-corrected chi connectivity index (χ4v) is 5.13. The Morgan fingerprint density at radius 1 is 0.788 bits per heavy atom. The molecule has 33 heavy (non-hydrogen) atoms. The maximum Gasteiger partial charge on any atom is 0.243 e. The van der Waals surface area contributed by atoms with Crippen molar-refractivity contribution in [2.75, 3.05) is 39.3 Å². The zero-order chi connectivity index (χ0) is 23.1. The second-order valence-electron chi connectivity index (χ2n) is 7.87. The smallest absolute Gasteiger partial charge is 0.243 e. The minimum Gasteiger partial charge on any atom is -0.491 e. The van der Waals surface area contributed by atoms with Crippen molar-refractivity contribution in [3.8, 4) is 17.2 Å². The van der Waals surface area contributed by atoms with E-state index in [1.807, 2.05) is 48.5 Å². The van der Waals surface area contributed by atoms with Crippen LogP contribution in [-0.4, -0.2) is 68.2 Å². The fraction of sp³-hybridized carbons (Fsp3) is 0.280. The molecule has 1 fully saturated rings. The van der Waals surface area contributed by atoms with Crippen LogP contribution in [-0.2, 0) is 10.0 Å². The predicted octanol–water partition coefficient (Wildman–Crippen LogP) is 3.23. The van der Waals surface area contributed by atoms with Gasteiger partial charge in [0.25, 0.3) is 0 Å². The Morgan fingerprint density at radius 2 is 1.39 bits per heavy atom. The first kappa shape index (κ1) is 23.3. The van der Waals surface area contributed by atoms with Gasteiger partial charge in [-0.15, -0.1) is 0 Å². The molecule has 8 heteroatoms. The van der Waals surface area contributed by atoms with E-state index in [-0.39, 0.29) is 6.61 Å². The van der Waals surface area contributed by atoms with Crippen LogP contribution in [0.1, 0.15) is 0 Å². The second kappa shape index (κ2) is 10.8. The van der Waals surface area contributed by atoms with E-state index in [4.69, 9.17) is 9.47 Å². The number of rotatable bonds is 9. The van der Waals surface area contributed by atoms with Crippen LogP contribution >= 0.6 is 0 Å². The number of ether oxygens (including phenoxy) is 2. The minimum absolute atomic E-state index is 0.136. The number of sulfonamides is 1. The Bertz CT molecular complexity index is 1120. The standard InChI is InChI=1S/C25H28N2O5S/c28-21(20-31-23-10-7-11-24(18-23)32-22-8-3-1-4-9-22)19-26-14-16-27(17-15-26)33(29,30)25-12-5-2-6-13-25/h1-13,18,21,28H,14-17,19-20H2/t21-/m0/s1. The molecule has 0 spiro atoms. The molecule has 0 aromatic heterocycles. The monoisotopic (exact) mass is 468 g/mol. The molecule has 0 amide bonds. The first-order valence-electron chi connectivity index (χ1n) is 10.9. The quantitative estimate of drug-likeness (QED) is 0.520. The number of aliphatic hydroxyl groups excluding tert-OH is 1. The number of piperazine rings is 1. The van der Waals surface area contributed by atoms with Crippen LogP contribution < -0.4 is 9.47 Å². The zero-order valence-corrected chi connectivity index (χ0v) is 19.1. The van der Waals surface area contributed by atoms with Gasteiger partial charge in [0.05, 0.1) is 4.90 Å². The molecule has 0 unspecified atom stereocenters. The van der Waals surface area contributed by atoms with Crippen molar-refractivity contribution >= 4 is 10.0 Å². The largest absolute Gasteiger partial charge is 0.491 e. The summed E-state index contributed by atoms with van der Waals surface area (Å²) in [5, 5.41) is 10.4. The first-order chi connectivity index (χ1) is 16.0. The van der Waals surface area contributed by atoms with E-state index in [1.165, 1.54) is 4.31 Å². The summed E-state index contributed by atoms with van der Waals surface area (Å²) in [6, 6.07) is 25.3. The molecule has 1 aliphatic heterocycles. The van der Waals surface area contributed by atoms with Crippen molar-refractivity contribution in [1.82, 2.24) is 9.21 Å². The summed E-state index contributed by atoms with van der Waals surface area (Å²) in [5.74, 6) is 2.01. The van der Waals surface area contributed by atoms with Crippen LogP contribution in [0.5, 0.6) is 17.2 Å². The lowest BCUT2D eigenvalue weighted by molar-refractivity contribution is 0.0568. The predicted molar refractivity (Wildman–Crippen MR) is 126 cm³/mol. The number of hydrogen-bond acceptors (Lipinski definition) is 6. The SMILES string of the molecule is O=S(=O)(c1ccccc1)N1CCN(C[C@H](O)COc2cccc(Oc3ccccc3)c2)CC1. The summed E-state index contributed by atoms with van der Waals surface area (Å²) in [6.45, 7) is 2.46. The molecule has 1 heterocycles. The number of para-hydroxylation sites is 1. The van der Waals surface area contributed by atoms with Gasteiger partial charge in [0.1, 0.15) is 30.0 Å². The number of hydrogen-bond donors (Lipinski definition) is 1. The Morgan fingerprint density at radius 3 is 2.09 bits per heavy atom. The molecule has 0 saturated carbocycles. The average Bonchev–Trinajstić information content (AvgIpc) is 2.85. The second-order valence-corrected chi connectivity index (χ2v) is 9.81. The molecule has 1 aliphatic rings. The van der Waals surface area contributed by atoms with Crippen LogP contribution in [0.25, 0.3) is 0 Å². The van der Waals surface area contributed by atoms with Crippen molar-refractivity contribution in [2.45, 2.75) is 11.0 Å². The highest BCUT2D eigenvalue weighted by atomic mass is 32.2. The molecule has 3 aromatic rings. The van der Waals surface area contributed by atoms with Gasteiger partial charge in [-0.1, -0.05) is 42.5 Å². The summed E-state index contributed by atoms with van der Waals surface area (Å²) < 4.78 is 38.6. The van der Waals surface area contributed by atoms with E-state index < -0.39 is 16.1 Å². The number of aliphatic hydroxyl groups is 1. The van der Waals surface area contributed by atoms with Gasteiger partial charge in [0.15, 0.2) is 0 Å². The van der Waals surface area contributed by atoms with Crippen molar-refractivity contribution in [3.05, 3.63) is 84.9 Å².